The van der Waals surface area contributed by atoms with Crippen LogP contribution in [-0.4, -0.2) is 45.7 Å². The molecule has 2 aliphatic heterocycles. The van der Waals surface area contributed by atoms with E-state index in [1.807, 2.05) is 41.8 Å². The number of carbonyl (C=O) groups excluding carboxylic acids is 2. The van der Waals surface area contributed by atoms with Gasteiger partial charge in [0, 0.05) is 37.7 Å². The van der Waals surface area contributed by atoms with Crippen LogP contribution in [0.4, 0.5) is 0 Å². The van der Waals surface area contributed by atoms with Gasteiger partial charge in [-0.25, -0.2) is 0 Å². The number of piperidine rings is 2. The molecule has 2 amide bonds. The van der Waals surface area contributed by atoms with Crippen molar-refractivity contribution in [1.82, 2.24) is 14.8 Å². The molecule has 1 aromatic heterocycles. The summed E-state index contributed by atoms with van der Waals surface area (Å²) in [6.45, 7) is 6.02. The molecule has 0 bridgehead atoms. The van der Waals surface area contributed by atoms with Gasteiger partial charge in [0.05, 0.1) is 12.2 Å². The Morgan fingerprint density at radius 2 is 2.17 bits per heavy atom. The van der Waals surface area contributed by atoms with Crippen LogP contribution in [0.3, 0.4) is 0 Å². The van der Waals surface area contributed by atoms with Crippen LogP contribution in [0.25, 0.3) is 0 Å². The first-order chi connectivity index (χ1) is 11.1. The van der Waals surface area contributed by atoms with Gasteiger partial charge in [-0.05, 0) is 30.9 Å². The average molecular weight is 315 g/mol. The molecule has 2 fully saturated rings. The van der Waals surface area contributed by atoms with Crippen molar-refractivity contribution >= 4 is 11.8 Å². The minimum absolute atomic E-state index is 0.0430. The largest absolute Gasteiger partial charge is 0.342 e. The van der Waals surface area contributed by atoms with Crippen LogP contribution in [0, 0.1) is 11.8 Å². The fourth-order valence-electron chi connectivity index (χ4n) is 3.79. The molecule has 0 radical (unpaired) electrons. The Hall–Kier alpha value is -1.91. The number of likely N-dealkylation sites (tertiary alicyclic amines) is 2. The molecule has 2 saturated heterocycles. The van der Waals surface area contributed by atoms with Gasteiger partial charge in [-0.15, -0.1) is 0 Å². The van der Waals surface area contributed by atoms with Gasteiger partial charge in [-0.3, -0.25) is 14.6 Å². The maximum atomic E-state index is 12.4. The minimum Gasteiger partial charge on any atom is -0.342 e. The number of nitrogens with zero attached hydrogens (tertiary/aromatic N) is 3. The maximum absolute atomic E-state index is 12.4. The molecule has 1 aromatic rings. The molecule has 3 rings (SSSR count). The second-order valence-corrected chi connectivity index (χ2v) is 6.94. The third-order valence-corrected chi connectivity index (χ3v) is 5.01. The predicted octanol–water partition coefficient (Wildman–Crippen LogP) is 2.08. The van der Waals surface area contributed by atoms with Gasteiger partial charge in [0.2, 0.25) is 11.8 Å². The molecule has 0 N–H and O–H groups in total. The van der Waals surface area contributed by atoms with Crippen molar-refractivity contribution < 1.29 is 9.59 Å². The topological polar surface area (TPSA) is 53.5 Å². The zero-order valence-electron chi connectivity index (χ0n) is 13.9. The minimum atomic E-state index is 0.0430. The van der Waals surface area contributed by atoms with Crippen LogP contribution in [-0.2, 0) is 16.1 Å². The van der Waals surface area contributed by atoms with Crippen molar-refractivity contribution in [3.8, 4) is 0 Å². The van der Waals surface area contributed by atoms with Crippen molar-refractivity contribution in [3.63, 3.8) is 0 Å². The van der Waals surface area contributed by atoms with Crippen LogP contribution < -0.4 is 0 Å². The Labute approximate surface area is 137 Å². The summed E-state index contributed by atoms with van der Waals surface area (Å²) in [5.74, 6) is 0.895. The Morgan fingerprint density at radius 3 is 2.87 bits per heavy atom. The summed E-state index contributed by atoms with van der Waals surface area (Å²) in [7, 11) is 0. The number of hydrogen-bond donors (Lipinski definition) is 0. The number of carbonyl (C=O) groups is 2. The Morgan fingerprint density at radius 1 is 1.35 bits per heavy atom. The number of aromatic nitrogens is 1. The molecule has 0 aromatic carbocycles. The van der Waals surface area contributed by atoms with E-state index in [1.165, 1.54) is 0 Å². The Bertz CT molecular complexity index is 573. The zero-order chi connectivity index (χ0) is 16.4. The fourth-order valence-corrected chi connectivity index (χ4v) is 3.79. The summed E-state index contributed by atoms with van der Waals surface area (Å²) in [4.78, 5) is 33.0. The third kappa shape index (κ3) is 3.38. The molecule has 5 nitrogen and oxygen atoms in total. The quantitative estimate of drug-likeness (QED) is 0.858. The second-order valence-electron chi connectivity index (χ2n) is 6.94. The predicted molar refractivity (Wildman–Crippen MR) is 87.3 cm³/mol. The normalized spacial score (nSPS) is 24.7. The monoisotopic (exact) mass is 315 g/mol. The molecule has 2 atom stereocenters. The number of fused-ring (bicyclic) bond motifs is 1. The van der Waals surface area contributed by atoms with Gasteiger partial charge in [0.25, 0.3) is 0 Å². The molecule has 0 spiro atoms. The summed E-state index contributed by atoms with van der Waals surface area (Å²) >= 11 is 0. The summed E-state index contributed by atoms with van der Waals surface area (Å²) in [6, 6.07) is 6.06. The van der Waals surface area contributed by atoms with E-state index in [4.69, 9.17) is 0 Å². The smallest absolute Gasteiger partial charge is 0.225 e. The molecular weight excluding hydrogens is 290 g/mol. The molecule has 5 heteroatoms. The summed E-state index contributed by atoms with van der Waals surface area (Å²) < 4.78 is 0. The molecule has 3 heterocycles. The van der Waals surface area contributed by atoms with E-state index in [9.17, 15) is 9.59 Å². The maximum Gasteiger partial charge on any atom is 0.225 e. The number of rotatable bonds is 3. The van der Waals surface area contributed by atoms with E-state index in [-0.39, 0.29) is 23.8 Å². The first kappa shape index (κ1) is 16.0. The van der Waals surface area contributed by atoms with Gasteiger partial charge in [0.15, 0.2) is 0 Å². The molecule has 0 saturated carbocycles. The highest BCUT2D eigenvalue weighted by Gasteiger charge is 2.40. The van der Waals surface area contributed by atoms with Crippen molar-refractivity contribution in [1.29, 1.82) is 0 Å². The lowest BCUT2D eigenvalue weighted by molar-refractivity contribution is -0.146. The van der Waals surface area contributed by atoms with Crippen LogP contribution in [0.15, 0.2) is 24.4 Å². The van der Waals surface area contributed by atoms with Crippen molar-refractivity contribution in [2.75, 3.05) is 13.1 Å². The first-order valence-electron chi connectivity index (χ1n) is 8.54. The average Bonchev–Trinajstić information content (AvgIpc) is 2.57. The number of amides is 2. The highest BCUT2D eigenvalue weighted by molar-refractivity contribution is 5.79. The van der Waals surface area contributed by atoms with E-state index < -0.39 is 0 Å². The Kier molecular flexibility index (Phi) is 4.64. The summed E-state index contributed by atoms with van der Waals surface area (Å²) in [5.41, 5.74) is 0.933. The SMILES string of the molecule is CC(C)C(=O)N1CC[C@H]2[C@H](CCC(=O)N2Cc2ccccn2)C1. The zero-order valence-corrected chi connectivity index (χ0v) is 13.9. The van der Waals surface area contributed by atoms with Crippen molar-refractivity contribution in [3.05, 3.63) is 30.1 Å². The first-order valence-corrected chi connectivity index (χ1v) is 8.54. The highest BCUT2D eigenvalue weighted by Crippen LogP contribution is 2.32. The van der Waals surface area contributed by atoms with Crippen LogP contribution >= 0.6 is 0 Å². The molecular formula is C18H25N3O2. The van der Waals surface area contributed by atoms with E-state index in [0.29, 0.717) is 18.9 Å². The molecule has 124 valence electrons. The van der Waals surface area contributed by atoms with E-state index >= 15 is 0 Å². The van der Waals surface area contributed by atoms with Crippen LogP contribution in [0.1, 0.15) is 38.8 Å². The van der Waals surface area contributed by atoms with E-state index in [2.05, 4.69) is 4.98 Å². The molecule has 23 heavy (non-hydrogen) atoms. The third-order valence-electron chi connectivity index (χ3n) is 5.01. The van der Waals surface area contributed by atoms with Gasteiger partial charge in [0.1, 0.15) is 0 Å². The van der Waals surface area contributed by atoms with Crippen molar-refractivity contribution in [2.45, 2.75) is 45.7 Å². The molecule has 2 aliphatic rings. The lowest BCUT2D eigenvalue weighted by Gasteiger charge is -2.47. The van der Waals surface area contributed by atoms with Crippen LogP contribution in [0.2, 0.25) is 0 Å². The Balaban J connectivity index is 1.71. The van der Waals surface area contributed by atoms with Crippen molar-refractivity contribution in [2.24, 2.45) is 11.8 Å². The van der Waals surface area contributed by atoms with E-state index in [0.717, 1.165) is 31.6 Å². The van der Waals surface area contributed by atoms with Crippen LogP contribution in [0.5, 0.6) is 0 Å². The molecule has 0 aliphatic carbocycles. The number of pyridine rings is 1. The van der Waals surface area contributed by atoms with Gasteiger partial charge >= 0.3 is 0 Å². The van der Waals surface area contributed by atoms with Gasteiger partial charge in [-0.2, -0.15) is 0 Å². The fraction of sp³-hybridized carbons (Fsp3) is 0.611. The highest BCUT2D eigenvalue weighted by atomic mass is 16.2. The van der Waals surface area contributed by atoms with Gasteiger partial charge in [-0.1, -0.05) is 19.9 Å². The number of hydrogen-bond acceptors (Lipinski definition) is 3. The lowest BCUT2D eigenvalue weighted by atomic mass is 9.83. The van der Waals surface area contributed by atoms with Gasteiger partial charge < -0.3 is 9.80 Å². The summed E-state index contributed by atoms with van der Waals surface area (Å²) in [5, 5.41) is 0. The lowest BCUT2D eigenvalue weighted by Crippen LogP contribution is -2.57. The van der Waals surface area contributed by atoms with E-state index in [1.54, 1.807) is 6.20 Å². The summed E-state index contributed by atoms with van der Waals surface area (Å²) in [6.07, 6.45) is 4.12. The molecule has 0 unspecified atom stereocenters. The second kappa shape index (κ2) is 6.69. The standard InChI is InChI=1S/C18H25N3O2/c1-13(2)18(23)20-10-8-16-14(11-20)6-7-17(22)21(16)12-15-5-3-4-9-19-15/h3-5,9,13-14,16H,6-8,10-12H2,1-2H3/t14-,16+/m1/s1.